The second kappa shape index (κ2) is 4.38. The maximum absolute atomic E-state index is 11.6. The molecule has 8 nitrogen and oxygen atoms in total. The van der Waals surface area contributed by atoms with Crippen LogP contribution in [0.5, 0.6) is 0 Å². The van der Waals surface area contributed by atoms with Gasteiger partial charge < -0.3 is 29.5 Å². The first-order valence-corrected chi connectivity index (χ1v) is 6.08. The molecule has 0 spiro atoms. The molecule has 8 heteroatoms. The molecule has 0 bridgehead atoms. The summed E-state index contributed by atoms with van der Waals surface area (Å²) in [6.45, 7) is 0.960. The maximum Gasteiger partial charge on any atom is 0.294 e. The molecule has 0 amide bonds. The van der Waals surface area contributed by atoms with E-state index in [1.54, 1.807) is 0 Å². The number of aliphatic hydroxyl groups is 3. The van der Waals surface area contributed by atoms with Crippen LogP contribution in [0.25, 0.3) is 11.1 Å². The minimum Gasteiger partial charge on any atom is -0.456 e. The van der Waals surface area contributed by atoms with Crippen molar-refractivity contribution in [2.75, 3.05) is 6.61 Å². The van der Waals surface area contributed by atoms with E-state index in [2.05, 4.69) is 9.97 Å². The minimum absolute atomic E-state index is 0.0174. The van der Waals surface area contributed by atoms with Gasteiger partial charge in [0.1, 0.15) is 29.4 Å². The molecule has 2 aromatic rings. The molecule has 1 saturated heterocycles. The molecule has 4 unspecified atom stereocenters. The van der Waals surface area contributed by atoms with Crippen molar-refractivity contribution < 1.29 is 24.5 Å². The molecule has 108 valence electrons. The molecule has 1 fully saturated rings. The van der Waals surface area contributed by atoms with Crippen molar-refractivity contribution in [3.05, 3.63) is 28.5 Å². The Labute approximate surface area is 112 Å². The molecular formula is C12H14N2O6. The van der Waals surface area contributed by atoms with E-state index < -0.39 is 36.1 Å². The highest BCUT2D eigenvalue weighted by Crippen LogP contribution is 2.43. The third kappa shape index (κ3) is 1.70. The summed E-state index contributed by atoms with van der Waals surface area (Å²) >= 11 is 0. The van der Waals surface area contributed by atoms with Gasteiger partial charge in [0, 0.05) is 5.56 Å². The normalized spacial score (nSPS) is 33.9. The summed E-state index contributed by atoms with van der Waals surface area (Å²) in [5.41, 5.74) is -1.45. The number of aliphatic hydroxyl groups excluding tert-OH is 2. The highest BCUT2D eigenvalue weighted by Gasteiger charge is 2.53. The zero-order chi connectivity index (χ0) is 14.5. The number of rotatable bonds is 2. The van der Waals surface area contributed by atoms with Gasteiger partial charge in [0.05, 0.1) is 19.2 Å². The van der Waals surface area contributed by atoms with Gasteiger partial charge in [0.15, 0.2) is 0 Å². The second-order valence-electron chi connectivity index (χ2n) is 5.01. The fraction of sp³-hybridized carbons (Fsp3) is 0.500. The van der Waals surface area contributed by atoms with E-state index >= 15 is 0 Å². The van der Waals surface area contributed by atoms with Crippen molar-refractivity contribution in [3.63, 3.8) is 0 Å². The van der Waals surface area contributed by atoms with Crippen molar-refractivity contribution >= 4 is 11.1 Å². The van der Waals surface area contributed by atoms with Gasteiger partial charge in [-0.05, 0) is 6.92 Å². The van der Waals surface area contributed by atoms with Crippen molar-refractivity contribution in [3.8, 4) is 0 Å². The van der Waals surface area contributed by atoms with Crippen LogP contribution >= 0.6 is 0 Å². The molecule has 0 saturated carbocycles. The van der Waals surface area contributed by atoms with Crippen molar-refractivity contribution in [1.82, 2.24) is 9.97 Å². The number of nitrogens with zero attached hydrogens (tertiary/aromatic N) is 1. The fourth-order valence-corrected chi connectivity index (χ4v) is 2.52. The van der Waals surface area contributed by atoms with E-state index in [-0.39, 0.29) is 11.1 Å². The molecule has 1 aliphatic rings. The Morgan fingerprint density at radius 2 is 2.30 bits per heavy atom. The number of nitrogens with one attached hydrogen (secondary N) is 1. The molecule has 20 heavy (non-hydrogen) atoms. The third-order valence-electron chi connectivity index (χ3n) is 3.64. The van der Waals surface area contributed by atoms with E-state index in [0.717, 1.165) is 0 Å². The molecule has 3 heterocycles. The monoisotopic (exact) mass is 282 g/mol. The number of hydrogen-bond donors (Lipinski definition) is 4. The molecule has 0 aliphatic carbocycles. The molecule has 2 aromatic heterocycles. The van der Waals surface area contributed by atoms with Gasteiger partial charge in [-0.2, -0.15) is 0 Å². The van der Waals surface area contributed by atoms with E-state index in [0.29, 0.717) is 5.56 Å². The molecule has 1 aliphatic heterocycles. The molecule has 3 rings (SSSR count). The Kier molecular flexibility index (Phi) is 2.91. The van der Waals surface area contributed by atoms with E-state index in [1.165, 1.54) is 19.5 Å². The average molecular weight is 282 g/mol. The summed E-state index contributed by atoms with van der Waals surface area (Å²) in [6, 6.07) is 0. The number of aromatic nitrogens is 2. The Bertz CT molecular complexity index is 691. The van der Waals surface area contributed by atoms with Crippen molar-refractivity contribution in [2.24, 2.45) is 0 Å². The van der Waals surface area contributed by atoms with E-state index in [9.17, 15) is 15.0 Å². The Balaban J connectivity index is 2.12. The zero-order valence-electron chi connectivity index (χ0n) is 10.6. The van der Waals surface area contributed by atoms with Gasteiger partial charge in [0.2, 0.25) is 5.58 Å². The summed E-state index contributed by atoms with van der Waals surface area (Å²) in [7, 11) is 0. The number of H-pyrrole nitrogens is 1. The minimum atomic E-state index is -1.63. The Morgan fingerprint density at radius 1 is 1.55 bits per heavy atom. The quantitative estimate of drug-likeness (QED) is 0.559. The number of fused-ring (bicyclic) bond motifs is 1. The van der Waals surface area contributed by atoms with Crippen LogP contribution in [0, 0.1) is 0 Å². The first kappa shape index (κ1) is 13.3. The molecular weight excluding hydrogens is 268 g/mol. The first-order chi connectivity index (χ1) is 9.46. The number of aromatic amines is 1. The van der Waals surface area contributed by atoms with Gasteiger partial charge >= 0.3 is 0 Å². The molecule has 4 N–H and O–H groups in total. The van der Waals surface area contributed by atoms with Crippen LogP contribution in [0.3, 0.4) is 0 Å². The van der Waals surface area contributed by atoms with Gasteiger partial charge in [-0.3, -0.25) is 4.79 Å². The van der Waals surface area contributed by atoms with Gasteiger partial charge in [0.25, 0.3) is 5.56 Å². The summed E-state index contributed by atoms with van der Waals surface area (Å²) in [4.78, 5) is 17.9. The average Bonchev–Trinajstić information content (AvgIpc) is 2.92. The van der Waals surface area contributed by atoms with Crippen LogP contribution < -0.4 is 5.56 Å². The lowest BCUT2D eigenvalue weighted by Crippen LogP contribution is -2.42. The van der Waals surface area contributed by atoms with Crippen LogP contribution in [-0.2, 0) is 4.74 Å². The topological polar surface area (TPSA) is 129 Å². The fourth-order valence-electron chi connectivity index (χ4n) is 2.52. The van der Waals surface area contributed by atoms with E-state index in [1.807, 2.05) is 0 Å². The van der Waals surface area contributed by atoms with Crippen LogP contribution in [0.4, 0.5) is 0 Å². The third-order valence-corrected chi connectivity index (χ3v) is 3.64. The lowest BCUT2D eigenvalue weighted by Gasteiger charge is -2.25. The summed E-state index contributed by atoms with van der Waals surface area (Å²) < 4.78 is 10.6. The number of furan rings is 1. The highest BCUT2D eigenvalue weighted by molar-refractivity contribution is 5.75. The smallest absolute Gasteiger partial charge is 0.294 e. The van der Waals surface area contributed by atoms with Crippen LogP contribution in [0.15, 0.2) is 21.8 Å². The molecule has 4 atom stereocenters. The van der Waals surface area contributed by atoms with Crippen LogP contribution in [0.2, 0.25) is 0 Å². The lowest BCUT2D eigenvalue weighted by atomic mass is 9.89. The summed E-state index contributed by atoms with van der Waals surface area (Å²) in [5, 5.41) is 29.5. The first-order valence-electron chi connectivity index (χ1n) is 6.08. The summed E-state index contributed by atoms with van der Waals surface area (Å²) in [5.74, 6) is 0. The van der Waals surface area contributed by atoms with Crippen LogP contribution in [0.1, 0.15) is 18.6 Å². The standard InChI is InChI=1S/C12H14N2O6/c1-12(18)9(16)6(2-15)20-10(12)5-3-19-8-7(5)13-4-14-11(8)17/h3-4,6,9-10,15-16,18H,2H2,1H3,(H,13,14,17). The number of hydrogen-bond acceptors (Lipinski definition) is 7. The largest absolute Gasteiger partial charge is 0.456 e. The van der Waals surface area contributed by atoms with Gasteiger partial charge in [-0.15, -0.1) is 0 Å². The predicted molar refractivity (Wildman–Crippen MR) is 66.0 cm³/mol. The van der Waals surface area contributed by atoms with E-state index in [4.69, 9.17) is 14.3 Å². The molecule has 0 aromatic carbocycles. The van der Waals surface area contributed by atoms with Crippen LogP contribution in [-0.4, -0.2) is 49.7 Å². The van der Waals surface area contributed by atoms with Crippen molar-refractivity contribution in [2.45, 2.75) is 30.8 Å². The Morgan fingerprint density at radius 3 is 2.95 bits per heavy atom. The summed E-state index contributed by atoms with van der Waals surface area (Å²) in [6.07, 6.45) is -0.650. The van der Waals surface area contributed by atoms with Gasteiger partial charge in [-0.25, -0.2) is 4.98 Å². The SMILES string of the molecule is CC1(O)C(c2coc3c(=O)[nH]cnc23)OC(CO)C1O. The second-order valence-corrected chi connectivity index (χ2v) is 5.01. The predicted octanol–water partition coefficient (Wildman–Crippen LogP) is -0.940. The zero-order valence-corrected chi connectivity index (χ0v) is 10.6. The molecule has 0 radical (unpaired) electrons. The Hall–Kier alpha value is -1.74. The maximum atomic E-state index is 11.6. The highest BCUT2D eigenvalue weighted by atomic mass is 16.6. The lowest BCUT2D eigenvalue weighted by molar-refractivity contribution is -0.0643. The van der Waals surface area contributed by atoms with Crippen molar-refractivity contribution in [1.29, 1.82) is 0 Å². The van der Waals surface area contributed by atoms with Gasteiger partial charge in [-0.1, -0.05) is 0 Å². The number of ether oxygens (including phenoxy) is 1.